The van der Waals surface area contributed by atoms with E-state index in [1.807, 2.05) is 30.3 Å². The predicted molar refractivity (Wildman–Crippen MR) is 59.7 cm³/mol. The van der Waals surface area contributed by atoms with Gasteiger partial charge in [-0.05, 0) is 0 Å². The molecule has 1 aromatic carbocycles. The van der Waals surface area contributed by atoms with E-state index in [1.54, 1.807) is 6.08 Å². The molecule has 3 nitrogen and oxygen atoms in total. The third kappa shape index (κ3) is 1.72. The summed E-state index contributed by atoms with van der Waals surface area (Å²) in [5.74, 6) is -0.470. The summed E-state index contributed by atoms with van der Waals surface area (Å²) in [7, 11) is 0. The molecule has 0 aromatic heterocycles. The lowest BCUT2D eigenvalue weighted by atomic mass is 10.1. The Morgan fingerprint density at radius 1 is 1.38 bits per heavy atom. The topological polar surface area (TPSA) is 46.5 Å². The van der Waals surface area contributed by atoms with Crippen LogP contribution in [-0.2, 0) is 9.53 Å². The van der Waals surface area contributed by atoms with Gasteiger partial charge in [0.1, 0.15) is 5.76 Å². The summed E-state index contributed by atoms with van der Waals surface area (Å²) in [4.78, 5) is 11.5. The molecule has 16 heavy (non-hydrogen) atoms. The van der Waals surface area contributed by atoms with E-state index >= 15 is 0 Å². The van der Waals surface area contributed by atoms with Crippen molar-refractivity contribution in [1.29, 1.82) is 0 Å². The average molecular weight is 216 g/mol. The molecule has 0 saturated carbocycles. The van der Waals surface area contributed by atoms with E-state index < -0.39 is 12.1 Å². The largest absolute Gasteiger partial charge is 0.507 e. The monoisotopic (exact) mass is 216 g/mol. The minimum atomic E-state index is -0.663. The van der Waals surface area contributed by atoms with Gasteiger partial charge < -0.3 is 9.84 Å². The Morgan fingerprint density at radius 3 is 2.69 bits per heavy atom. The van der Waals surface area contributed by atoms with Crippen LogP contribution in [0.3, 0.4) is 0 Å². The first-order valence-corrected chi connectivity index (χ1v) is 5.03. The Morgan fingerprint density at radius 2 is 2.06 bits per heavy atom. The molecule has 2 rings (SSSR count). The van der Waals surface area contributed by atoms with E-state index in [1.165, 1.54) is 0 Å². The summed E-state index contributed by atoms with van der Waals surface area (Å²) < 4.78 is 5.11. The molecule has 1 atom stereocenters. The van der Waals surface area contributed by atoms with Crippen LogP contribution in [0.25, 0.3) is 0 Å². The molecule has 0 aliphatic carbocycles. The Balaban J connectivity index is 2.33. The van der Waals surface area contributed by atoms with Crippen LogP contribution >= 0.6 is 0 Å². The van der Waals surface area contributed by atoms with E-state index in [4.69, 9.17) is 4.74 Å². The van der Waals surface area contributed by atoms with Gasteiger partial charge in [-0.2, -0.15) is 0 Å². The highest BCUT2D eigenvalue weighted by Crippen LogP contribution is 2.34. The zero-order chi connectivity index (χ0) is 11.5. The number of hydrogen-bond acceptors (Lipinski definition) is 3. The standard InChI is InChI=1S/C13H12O3/c1-2-6-10-11(14)12(16-13(10)15)9-7-4-3-5-8-9/h2-5,7-8,12,14H,1,6H2. The second-order valence-electron chi connectivity index (χ2n) is 3.55. The van der Waals surface area contributed by atoms with Crippen LogP contribution in [0.1, 0.15) is 18.1 Å². The van der Waals surface area contributed by atoms with E-state index in [0.29, 0.717) is 12.0 Å². The Kier molecular flexibility index (Phi) is 2.77. The number of aliphatic hydroxyl groups excluding tert-OH is 1. The maximum absolute atomic E-state index is 11.5. The first-order chi connectivity index (χ1) is 7.74. The van der Waals surface area contributed by atoms with Crippen molar-refractivity contribution >= 4 is 5.97 Å². The van der Waals surface area contributed by atoms with Gasteiger partial charge in [0.25, 0.3) is 0 Å². The molecule has 1 heterocycles. The van der Waals surface area contributed by atoms with Crippen LogP contribution < -0.4 is 0 Å². The zero-order valence-electron chi connectivity index (χ0n) is 8.72. The summed E-state index contributed by atoms with van der Waals surface area (Å²) in [6, 6.07) is 9.16. The number of esters is 1. The van der Waals surface area contributed by atoms with E-state index in [-0.39, 0.29) is 5.76 Å². The molecule has 1 aliphatic heterocycles. The van der Waals surface area contributed by atoms with Crippen molar-refractivity contribution in [2.24, 2.45) is 0 Å². The first kappa shape index (κ1) is 10.5. The highest BCUT2D eigenvalue weighted by molar-refractivity contribution is 5.92. The predicted octanol–water partition coefficient (Wildman–Crippen LogP) is 2.67. The van der Waals surface area contributed by atoms with Gasteiger partial charge in [0.15, 0.2) is 6.10 Å². The lowest BCUT2D eigenvalue weighted by Gasteiger charge is -2.09. The molecule has 0 amide bonds. The smallest absolute Gasteiger partial charge is 0.338 e. The maximum atomic E-state index is 11.5. The van der Waals surface area contributed by atoms with Crippen molar-refractivity contribution < 1.29 is 14.6 Å². The van der Waals surface area contributed by atoms with Gasteiger partial charge >= 0.3 is 5.97 Å². The third-order valence-corrected chi connectivity index (χ3v) is 2.48. The summed E-state index contributed by atoms with van der Waals surface area (Å²) in [5, 5.41) is 9.89. The SMILES string of the molecule is C=CCC1=C(O)C(c2ccccc2)OC1=O. The molecule has 1 unspecified atom stereocenters. The molecule has 82 valence electrons. The second kappa shape index (κ2) is 4.23. The molecule has 1 aromatic rings. The highest BCUT2D eigenvalue weighted by atomic mass is 16.6. The minimum absolute atomic E-state index is 0.00361. The molecular formula is C13H12O3. The molecule has 0 saturated heterocycles. The highest BCUT2D eigenvalue weighted by Gasteiger charge is 2.34. The van der Waals surface area contributed by atoms with Gasteiger partial charge in [0.05, 0.1) is 5.57 Å². The molecule has 3 heteroatoms. The molecule has 0 radical (unpaired) electrons. The fraction of sp³-hybridized carbons (Fsp3) is 0.154. The molecule has 0 spiro atoms. The van der Waals surface area contributed by atoms with Gasteiger partial charge in [-0.25, -0.2) is 4.79 Å². The van der Waals surface area contributed by atoms with Crippen molar-refractivity contribution in [3.05, 3.63) is 59.9 Å². The van der Waals surface area contributed by atoms with Crippen molar-refractivity contribution in [2.45, 2.75) is 12.5 Å². The van der Waals surface area contributed by atoms with Gasteiger partial charge in [-0.15, -0.1) is 6.58 Å². The molecular weight excluding hydrogens is 204 g/mol. The lowest BCUT2D eigenvalue weighted by Crippen LogP contribution is -2.03. The number of ether oxygens (including phenoxy) is 1. The molecule has 1 N–H and O–H groups in total. The van der Waals surface area contributed by atoms with Crippen molar-refractivity contribution in [2.75, 3.05) is 0 Å². The fourth-order valence-electron chi connectivity index (χ4n) is 1.68. The number of hydrogen-bond donors (Lipinski definition) is 1. The zero-order valence-corrected chi connectivity index (χ0v) is 8.72. The lowest BCUT2D eigenvalue weighted by molar-refractivity contribution is -0.140. The number of rotatable bonds is 3. The van der Waals surface area contributed by atoms with E-state index in [2.05, 4.69) is 6.58 Å². The van der Waals surface area contributed by atoms with E-state index in [9.17, 15) is 9.90 Å². The quantitative estimate of drug-likeness (QED) is 0.624. The summed E-state index contributed by atoms with van der Waals surface area (Å²) in [6.07, 6.45) is 1.23. The van der Waals surface area contributed by atoms with Crippen LogP contribution in [0.4, 0.5) is 0 Å². The number of benzene rings is 1. The van der Waals surface area contributed by atoms with Gasteiger partial charge in [0, 0.05) is 12.0 Å². The van der Waals surface area contributed by atoms with Crippen LogP contribution in [-0.4, -0.2) is 11.1 Å². The van der Waals surface area contributed by atoms with Gasteiger partial charge in [-0.1, -0.05) is 36.4 Å². The number of allylic oxidation sites excluding steroid dienone is 1. The third-order valence-electron chi connectivity index (χ3n) is 2.48. The van der Waals surface area contributed by atoms with Gasteiger partial charge in [0.2, 0.25) is 0 Å². The van der Waals surface area contributed by atoms with Gasteiger partial charge in [-0.3, -0.25) is 0 Å². The number of carbonyl (C=O) groups excluding carboxylic acids is 1. The average Bonchev–Trinajstić information content (AvgIpc) is 2.59. The Labute approximate surface area is 93.7 Å². The summed E-state index contributed by atoms with van der Waals surface area (Å²) in [5.41, 5.74) is 1.07. The normalized spacial score (nSPS) is 19.8. The van der Waals surface area contributed by atoms with Crippen molar-refractivity contribution in [1.82, 2.24) is 0 Å². The second-order valence-corrected chi connectivity index (χ2v) is 3.55. The molecule has 1 aliphatic rings. The molecule has 0 fully saturated rings. The Hall–Kier alpha value is -2.03. The number of aliphatic hydroxyl groups is 1. The maximum Gasteiger partial charge on any atom is 0.338 e. The van der Waals surface area contributed by atoms with Crippen LogP contribution in [0, 0.1) is 0 Å². The summed E-state index contributed by atoms with van der Waals surface area (Å²) >= 11 is 0. The summed E-state index contributed by atoms with van der Waals surface area (Å²) in [6.45, 7) is 3.54. The van der Waals surface area contributed by atoms with Crippen molar-refractivity contribution in [3.8, 4) is 0 Å². The van der Waals surface area contributed by atoms with Crippen LogP contribution in [0.5, 0.6) is 0 Å². The number of carbonyl (C=O) groups is 1. The number of cyclic esters (lactones) is 1. The molecule has 0 bridgehead atoms. The fourth-order valence-corrected chi connectivity index (χ4v) is 1.68. The van der Waals surface area contributed by atoms with Crippen molar-refractivity contribution in [3.63, 3.8) is 0 Å². The van der Waals surface area contributed by atoms with Crippen LogP contribution in [0.15, 0.2) is 54.3 Å². The first-order valence-electron chi connectivity index (χ1n) is 5.03. The van der Waals surface area contributed by atoms with Crippen LogP contribution in [0.2, 0.25) is 0 Å². The minimum Gasteiger partial charge on any atom is -0.507 e. The Bertz CT molecular complexity index is 446. The van der Waals surface area contributed by atoms with E-state index in [0.717, 1.165) is 5.56 Å².